The molecule has 2 aromatic carbocycles. The van der Waals surface area contributed by atoms with Gasteiger partial charge in [0.1, 0.15) is 11.6 Å². The molecule has 1 saturated heterocycles. The lowest BCUT2D eigenvalue weighted by Crippen LogP contribution is -2.54. The third-order valence-electron chi connectivity index (χ3n) is 5.34. The Morgan fingerprint density at radius 2 is 1.82 bits per heavy atom. The van der Waals surface area contributed by atoms with Crippen molar-refractivity contribution in [1.29, 1.82) is 0 Å². The first-order valence-corrected chi connectivity index (χ1v) is 9.60. The minimum absolute atomic E-state index is 0.0576. The fourth-order valence-electron chi connectivity index (χ4n) is 3.62. The number of ether oxygens (including phenoxy) is 1. The number of hydrogen-bond acceptors (Lipinski definition) is 4. The molecule has 0 radical (unpaired) electrons. The van der Waals surface area contributed by atoms with Gasteiger partial charge in [-0.1, -0.05) is 12.1 Å². The van der Waals surface area contributed by atoms with Crippen LogP contribution < -0.4 is 9.64 Å². The molecule has 0 spiro atoms. The summed E-state index contributed by atoms with van der Waals surface area (Å²) in [7, 11) is 3.44. The molecular weight excluding hydrogens is 357 g/mol. The van der Waals surface area contributed by atoms with E-state index in [2.05, 4.69) is 21.9 Å². The van der Waals surface area contributed by atoms with Crippen LogP contribution in [-0.2, 0) is 11.3 Å². The first kappa shape index (κ1) is 20.1. The Morgan fingerprint density at radius 1 is 1.14 bits per heavy atom. The van der Waals surface area contributed by atoms with Gasteiger partial charge in [-0.15, -0.1) is 0 Å². The van der Waals surface area contributed by atoms with Crippen LogP contribution >= 0.6 is 0 Å². The molecule has 0 saturated carbocycles. The molecule has 2 aromatic rings. The zero-order valence-electron chi connectivity index (χ0n) is 16.8. The molecule has 1 atom stereocenters. The highest BCUT2D eigenvalue weighted by molar-refractivity contribution is 5.81. The lowest BCUT2D eigenvalue weighted by Gasteiger charge is -2.39. The number of methoxy groups -OCH3 is 1. The summed E-state index contributed by atoms with van der Waals surface area (Å²) in [5.41, 5.74) is 1.97. The van der Waals surface area contributed by atoms with Gasteiger partial charge in [-0.2, -0.15) is 0 Å². The molecular formula is C22H28FN3O2. The average Bonchev–Trinajstić information content (AvgIpc) is 2.73. The highest BCUT2D eigenvalue weighted by Crippen LogP contribution is 2.21. The van der Waals surface area contributed by atoms with Gasteiger partial charge in [-0.3, -0.25) is 9.69 Å². The summed E-state index contributed by atoms with van der Waals surface area (Å²) in [6.07, 6.45) is 0. The van der Waals surface area contributed by atoms with Crippen LogP contribution in [0.2, 0.25) is 0 Å². The number of carbonyl (C=O) groups excluding carboxylic acids is 1. The quantitative estimate of drug-likeness (QED) is 0.766. The molecule has 0 bridgehead atoms. The van der Waals surface area contributed by atoms with Crippen molar-refractivity contribution in [2.75, 3.05) is 45.2 Å². The van der Waals surface area contributed by atoms with Gasteiger partial charge in [0.25, 0.3) is 0 Å². The number of carbonyl (C=O) groups is 1. The Hall–Kier alpha value is -2.60. The van der Waals surface area contributed by atoms with Gasteiger partial charge >= 0.3 is 0 Å². The molecule has 1 fully saturated rings. The lowest BCUT2D eigenvalue weighted by atomic mass is 10.1. The summed E-state index contributed by atoms with van der Waals surface area (Å²) in [5, 5.41) is 0. The molecule has 1 aliphatic heterocycles. The number of halogens is 1. The van der Waals surface area contributed by atoms with Crippen molar-refractivity contribution in [3.8, 4) is 5.75 Å². The van der Waals surface area contributed by atoms with Gasteiger partial charge in [0.15, 0.2) is 0 Å². The van der Waals surface area contributed by atoms with Crippen molar-refractivity contribution in [3.05, 3.63) is 59.9 Å². The summed E-state index contributed by atoms with van der Waals surface area (Å²) in [4.78, 5) is 19.0. The number of rotatable bonds is 6. The molecule has 1 heterocycles. The lowest BCUT2D eigenvalue weighted by molar-refractivity contribution is -0.135. The van der Waals surface area contributed by atoms with Crippen LogP contribution in [0.3, 0.4) is 0 Å². The zero-order chi connectivity index (χ0) is 20.1. The normalized spacial score (nSPS) is 15.9. The van der Waals surface area contributed by atoms with Crippen LogP contribution in [0.4, 0.5) is 10.1 Å². The Morgan fingerprint density at radius 3 is 2.43 bits per heavy atom. The molecule has 1 aliphatic rings. The maximum atomic E-state index is 13.4. The average molecular weight is 385 g/mol. The largest absolute Gasteiger partial charge is 0.497 e. The SMILES string of the molecule is COc1ccc(N2CCN([C@@H](C)C(=O)N(C)Cc3cccc(F)c3)CC2)cc1. The van der Waals surface area contributed by atoms with Crippen molar-refractivity contribution in [3.63, 3.8) is 0 Å². The van der Waals surface area contributed by atoms with Crippen LogP contribution in [0.1, 0.15) is 12.5 Å². The molecule has 0 unspecified atom stereocenters. The second-order valence-corrected chi connectivity index (χ2v) is 7.22. The van der Waals surface area contributed by atoms with Gasteiger partial charge in [-0.05, 0) is 48.9 Å². The molecule has 0 aromatic heterocycles. The Balaban J connectivity index is 1.53. The third-order valence-corrected chi connectivity index (χ3v) is 5.34. The Bertz CT molecular complexity index is 789. The van der Waals surface area contributed by atoms with Crippen LogP contribution in [-0.4, -0.2) is 62.1 Å². The number of benzene rings is 2. The number of likely N-dealkylation sites (N-methyl/N-ethyl adjacent to an activating group) is 1. The Kier molecular flexibility index (Phi) is 6.52. The molecule has 28 heavy (non-hydrogen) atoms. The zero-order valence-corrected chi connectivity index (χ0v) is 16.8. The van der Waals surface area contributed by atoms with E-state index in [1.807, 2.05) is 25.1 Å². The molecule has 3 rings (SSSR count). The molecule has 1 amide bonds. The number of nitrogens with zero attached hydrogens (tertiary/aromatic N) is 3. The fourth-order valence-corrected chi connectivity index (χ4v) is 3.62. The number of hydrogen-bond donors (Lipinski definition) is 0. The fraction of sp³-hybridized carbons (Fsp3) is 0.409. The standard InChI is InChI=1S/C22H28FN3O2/c1-17(22(27)24(2)16-18-5-4-6-19(23)15-18)25-11-13-26(14-12-25)20-7-9-21(28-3)10-8-20/h4-10,15,17H,11-14,16H2,1-3H3/t17-/m0/s1. The van der Waals surface area contributed by atoms with Crippen LogP contribution in [0.15, 0.2) is 48.5 Å². The second kappa shape index (κ2) is 9.06. The van der Waals surface area contributed by atoms with Gasteiger partial charge < -0.3 is 14.5 Å². The predicted octanol–water partition coefficient (Wildman–Crippen LogP) is 3.00. The number of amides is 1. The summed E-state index contributed by atoms with van der Waals surface area (Å²) in [5.74, 6) is 0.631. The number of anilines is 1. The molecule has 6 heteroatoms. The minimum atomic E-state index is -0.277. The highest BCUT2D eigenvalue weighted by atomic mass is 19.1. The van der Waals surface area contributed by atoms with E-state index in [-0.39, 0.29) is 17.8 Å². The van der Waals surface area contributed by atoms with E-state index < -0.39 is 0 Å². The summed E-state index contributed by atoms with van der Waals surface area (Å²) >= 11 is 0. The van der Waals surface area contributed by atoms with Crippen LogP contribution in [0.5, 0.6) is 5.75 Å². The van der Waals surface area contributed by atoms with Crippen molar-refractivity contribution >= 4 is 11.6 Å². The summed E-state index contributed by atoms with van der Waals surface area (Å²) < 4.78 is 18.6. The van der Waals surface area contributed by atoms with E-state index in [1.54, 1.807) is 25.1 Å². The monoisotopic (exact) mass is 385 g/mol. The number of piperazine rings is 1. The third kappa shape index (κ3) is 4.81. The van der Waals surface area contributed by atoms with E-state index in [1.165, 1.54) is 17.8 Å². The van der Waals surface area contributed by atoms with Crippen molar-refractivity contribution in [2.24, 2.45) is 0 Å². The van der Waals surface area contributed by atoms with E-state index in [0.717, 1.165) is 37.5 Å². The topological polar surface area (TPSA) is 36.0 Å². The minimum Gasteiger partial charge on any atom is -0.497 e. The smallest absolute Gasteiger partial charge is 0.239 e. The van der Waals surface area contributed by atoms with Crippen LogP contribution in [0, 0.1) is 5.82 Å². The molecule has 150 valence electrons. The van der Waals surface area contributed by atoms with E-state index in [0.29, 0.717) is 6.54 Å². The first-order chi connectivity index (χ1) is 13.5. The van der Waals surface area contributed by atoms with Crippen molar-refractivity contribution in [1.82, 2.24) is 9.80 Å². The van der Waals surface area contributed by atoms with Gasteiger partial charge in [0.05, 0.1) is 13.2 Å². The summed E-state index contributed by atoms with van der Waals surface area (Å²) in [6.45, 7) is 5.76. The van der Waals surface area contributed by atoms with Gasteiger partial charge in [0.2, 0.25) is 5.91 Å². The Labute approximate surface area is 166 Å². The van der Waals surface area contributed by atoms with Crippen molar-refractivity contribution < 1.29 is 13.9 Å². The molecule has 0 N–H and O–H groups in total. The second-order valence-electron chi connectivity index (χ2n) is 7.22. The van der Waals surface area contributed by atoms with Crippen molar-refractivity contribution in [2.45, 2.75) is 19.5 Å². The first-order valence-electron chi connectivity index (χ1n) is 9.60. The summed E-state index contributed by atoms with van der Waals surface area (Å²) in [6, 6.07) is 14.3. The van der Waals surface area contributed by atoms with E-state index in [4.69, 9.17) is 4.74 Å². The van der Waals surface area contributed by atoms with Crippen LogP contribution in [0.25, 0.3) is 0 Å². The highest BCUT2D eigenvalue weighted by Gasteiger charge is 2.27. The molecule has 0 aliphatic carbocycles. The molecule has 5 nitrogen and oxygen atoms in total. The maximum Gasteiger partial charge on any atom is 0.239 e. The van der Waals surface area contributed by atoms with E-state index >= 15 is 0 Å². The van der Waals surface area contributed by atoms with E-state index in [9.17, 15) is 9.18 Å². The van der Waals surface area contributed by atoms with Gasteiger partial charge in [0, 0.05) is 45.5 Å². The maximum absolute atomic E-state index is 13.4. The predicted molar refractivity (Wildman–Crippen MR) is 109 cm³/mol. The van der Waals surface area contributed by atoms with Gasteiger partial charge in [-0.25, -0.2) is 4.39 Å².